The Morgan fingerprint density at radius 2 is 1.77 bits per heavy atom. The second kappa shape index (κ2) is 15.0. The van der Waals surface area contributed by atoms with E-state index in [0.29, 0.717) is 38.2 Å². The van der Waals surface area contributed by atoms with Gasteiger partial charge in [-0.3, -0.25) is 4.99 Å². The van der Waals surface area contributed by atoms with Gasteiger partial charge in [-0.2, -0.15) is 0 Å². The molecular formula is C23H34IN3O3. The summed E-state index contributed by atoms with van der Waals surface area (Å²) in [6.45, 7) is 7.16. The number of guanidine groups is 1. The second-order valence-corrected chi connectivity index (χ2v) is 7.00. The summed E-state index contributed by atoms with van der Waals surface area (Å²) in [7, 11) is 1.62. The smallest absolute Gasteiger partial charge is 0.191 e. The number of benzene rings is 2. The minimum atomic E-state index is -0.628. The molecule has 0 bridgehead atoms. The van der Waals surface area contributed by atoms with E-state index in [-0.39, 0.29) is 24.0 Å². The SMILES string of the molecule is CCNC(=NCC(C)COCc1ccccc1)NCC(O)c1ccc(OC)cc1.I. The van der Waals surface area contributed by atoms with Gasteiger partial charge in [-0.15, -0.1) is 24.0 Å². The molecular weight excluding hydrogens is 493 g/mol. The summed E-state index contributed by atoms with van der Waals surface area (Å²) in [5.41, 5.74) is 2.00. The van der Waals surface area contributed by atoms with Crippen molar-refractivity contribution in [2.75, 3.05) is 33.4 Å². The van der Waals surface area contributed by atoms with Crippen LogP contribution < -0.4 is 15.4 Å². The van der Waals surface area contributed by atoms with Gasteiger partial charge >= 0.3 is 0 Å². The van der Waals surface area contributed by atoms with Crippen LogP contribution in [0.3, 0.4) is 0 Å². The van der Waals surface area contributed by atoms with Crippen LogP contribution in [0.15, 0.2) is 59.6 Å². The van der Waals surface area contributed by atoms with Crippen molar-refractivity contribution in [3.05, 3.63) is 65.7 Å². The molecule has 166 valence electrons. The Labute approximate surface area is 197 Å². The summed E-state index contributed by atoms with van der Waals surface area (Å²) >= 11 is 0. The molecule has 2 aromatic rings. The molecule has 2 aromatic carbocycles. The number of nitrogens with one attached hydrogen (secondary N) is 2. The van der Waals surface area contributed by atoms with E-state index in [1.165, 1.54) is 5.56 Å². The molecule has 0 aliphatic rings. The molecule has 0 saturated carbocycles. The van der Waals surface area contributed by atoms with Crippen molar-refractivity contribution in [3.63, 3.8) is 0 Å². The fourth-order valence-electron chi connectivity index (χ4n) is 2.73. The lowest BCUT2D eigenvalue weighted by molar-refractivity contribution is 0.0944. The average molecular weight is 527 g/mol. The lowest BCUT2D eigenvalue weighted by Crippen LogP contribution is -2.39. The first-order valence-corrected chi connectivity index (χ1v) is 10.1. The molecule has 0 heterocycles. The summed E-state index contributed by atoms with van der Waals surface area (Å²) in [6, 6.07) is 17.6. The highest BCUT2D eigenvalue weighted by molar-refractivity contribution is 14.0. The number of halogens is 1. The van der Waals surface area contributed by atoms with Crippen molar-refractivity contribution >= 4 is 29.9 Å². The zero-order valence-corrected chi connectivity index (χ0v) is 20.3. The number of rotatable bonds is 11. The first kappa shape index (κ1) is 26.2. The zero-order chi connectivity index (χ0) is 20.9. The number of methoxy groups -OCH3 is 1. The second-order valence-electron chi connectivity index (χ2n) is 7.00. The summed E-state index contributed by atoms with van der Waals surface area (Å²) in [6.07, 6.45) is -0.628. The quantitative estimate of drug-likeness (QED) is 0.236. The third-order valence-corrected chi connectivity index (χ3v) is 4.38. The Balaban J connectivity index is 0.00000450. The molecule has 0 spiro atoms. The van der Waals surface area contributed by atoms with Gasteiger partial charge in [-0.05, 0) is 36.1 Å². The standard InChI is InChI=1S/C23H33N3O3.HI/c1-4-24-23(26-15-22(27)20-10-12-21(28-3)13-11-20)25-14-18(2)16-29-17-19-8-6-5-7-9-19;/h5-13,18,22,27H,4,14-17H2,1-3H3,(H2,24,25,26);1H. The van der Waals surface area contributed by atoms with Crippen LogP contribution in [0, 0.1) is 5.92 Å². The third-order valence-electron chi connectivity index (χ3n) is 4.38. The van der Waals surface area contributed by atoms with E-state index in [0.717, 1.165) is 17.9 Å². The largest absolute Gasteiger partial charge is 0.497 e. The van der Waals surface area contributed by atoms with Crippen molar-refractivity contribution in [1.82, 2.24) is 10.6 Å². The van der Waals surface area contributed by atoms with Crippen LogP contribution in [0.25, 0.3) is 0 Å². The molecule has 30 heavy (non-hydrogen) atoms. The average Bonchev–Trinajstić information content (AvgIpc) is 2.76. The first-order valence-electron chi connectivity index (χ1n) is 10.1. The molecule has 0 aromatic heterocycles. The van der Waals surface area contributed by atoms with E-state index in [4.69, 9.17) is 9.47 Å². The predicted molar refractivity (Wildman–Crippen MR) is 133 cm³/mol. The highest BCUT2D eigenvalue weighted by Crippen LogP contribution is 2.16. The van der Waals surface area contributed by atoms with Crippen LogP contribution in [0.1, 0.15) is 31.1 Å². The van der Waals surface area contributed by atoms with Crippen molar-refractivity contribution in [1.29, 1.82) is 0 Å². The number of hydrogen-bond acceptors (Lipinski definition) is 4. The minimum absolute atomic E-state index is 0. The van der Waals surface area contributed by atoms with Crippen molar-refractivity contribution in [2.45, 2.75) is 26.6 Å². The predicted octanol–water partition coefficient (Wildman–Crippen LogP) is 3.75. The lowest BCUT2D eigenvalue weighted by atomic mass is 10.1. The molecule has 0 aliphatic heterocycles. The third kappa shape index (κ3) is 9.77. The Morgan fingerprint density at radius 1 is 1.07 bits per heavy atom. The van der Waals surface area contributed by atoms with Crippen molar-refractivity contribution in [3.8, 4) is 5.75 Å². The lowest BCUT2D eigenvalue weighted by Gasteiger charge is -2.17. The van der Waals surface area contributed by atoms with Gasteiger partial charge in [0.1, 0.15) is 5.75 Å². The molecule has 2 unspecified atom stereocenters. The van der Waals surface area contributed by atoms with Crippen LogP contribution in [-0.2, 0) is 11.3 Å². The van der Waals surface area contributed by atoms with Gasteiger partial charge < -0.3 is 25.2 Å². The minimum Gasteiger partial charge on any atom is -0.497 e. The van der Waals surface area contributed by atoms with Crippen LogP contribution in [0.5, 0.6) is 5.75 Å². The van der Waals surface area contributed by atoms with E-state index in [1.54, 1.807) is 7.11 Å². The number of hydrogen-bond donors (Lipinski definition) is 3. The summed E-state index contributed by atoms with van der Waals surface area (Å²) in [5.74, 6) is 1.75. The van der Waals surface area contributed by atoms with Crippen molar-refractivity contribution in [2.24, 2.45) is 10.9 Å². The van der Waals surface area contributed by atoms with Gasteiger partial charge in [0.2, 0.25) is 0 Å². The van der Waals surface area contributed by atoms with E-state index in [1.807, 2.05) is 49.4 Å². The summed E-state index contributed by atoms with van der Waals surface area (Å²) in [4.78, 5) is 4.62. The van der Waals surface area contributed by atoms with Crippen molar-refractivity contribution < 1.29 is 14.6 Å². The maximum Gasteiger partial charge on any atom is 0.191 e. The van der Waals surface area contributed by atoms with Crippen LogP contribution in [0.4, 0.5) is 0 Å². The molecule has 3 N–H and O–H groups in total. The Morgan fingerprint density at radius 3 is 2.40 bits per heavy atom. The molecule has 0 fully saturated rings. The number of ether oxygens (including phenoxy) is 2. The first-order chi connectivity index (χ1) is 14.1. The van der Waals surface area contributed by atoms with Crippen LogP contribution >= 0.6 is 24.0 Å². The molecule has 2 atom stereocenters. The molecule has 0 radical (unpaired) electrons. The monoisotopic (exact) mass is 527 g/mol. The summed E-state index contributed by atoms with van der Waals surface area (Å²) < 4.78 is 10.9. The van der Waals surface area contributed by atoms with E-state index in [2.05, 4.69) is 34.7 Å². The van der Waals surface area contributed by atoms with Gasteiger partial charge in [0, 0.05) is 19.6 Å². The normalized spacial score (nSPS) is 13.1. The maximum atomic E-state index is 10.4. The number of aliphatic imine (C=N–C) groups is 1. The Bertz CT molecular complexity index is 726. The van der Waals surface area contributed by atoms with E-state index < -0.39 is 6.10 Å². The molecule has 0 aliphatic carbocycles. The summed E-state index contributed by atoms with van der Waals surface area (Å²) in [5, 5.41) is 16.8. The zero-order valence-electron chi connectivity index (χ0n) is 18.0. The molecule has 2 rings (SSSR count). The molecule has 0 saturated heterocycles. The Hall–Kier alpha value is -1.84. The topological polar surface area (TPSA) is 75.1 Å². The Kier molecular flexibility index (Phi) is 13.1. The maximum absolute atomic E-state index is 10.4. The number of aliphatic hydroxyl groups is 1. The number of nitrogens with zero attached hydrogens (tertiary/aromatic N) is 1. The molecule has 6 nitrogen and oxygen atoms in total. The van der Waals surface area contributed by atoms with E-state index >= 15 is 0 Å². The van der Waals surface area contributed by atoms with E-state index in [9.17, 15) is 5.11 Å². The fourth-order valence-corrected chi connectivity index (χ4v) is 2.73. The van der Waals surface area contributed by atoms with Gasteiger partial charge in [0.15, 0.2) is 5.96 Å². The molecule has 0 amide bonds. The van der Waals surface area contributed by atoms with Gasteiger partial charge in [-0.1, -0.05) is 49.4 Å². The number of aliphatic hydroxyl groups excluding tert-OH is 1. The highest BCUT2D eigenvalue weighted by Gasteiger charge is 2.09. The van der Waals surface area contributed by atoms with Crippen LogP contribution in [0.2, 0.25) is 0 Å². The fraction of sp³-hybridized carbons (Fsp3) is 0.435. The highest BCUT2D eigenvalue weighted by atomic mass is 127. The van der Waals surface area contributed by atoms with Gasteiger partial charge in [0.25, 0.3) is 0 Å². The van der Waals surface area contributed by atoms with Gasteiger partial charge in [-0.25, -0.2) is 0 Å². The van der Waals surface area contributed by atoms with Gasteiger partial charge in [0.05, 0.1) is 26.4 Å². The van der Waals surface area contributed by atoms with Crippen LogP contribution in [-0.4, -0.2) is 44.4 Å². The molecule has 7 heteroatoms.